The lowest BCUT2D eigenvalue weighted by atomic mass is 9.78. The number of hydrogen-bond donors (Lipinski definition) is 0. The Hall–Kier alpha value is -2.59. The molecule has 1 aliphatic heterocycles. The van der Waals surface area contributed by atoms with Crippen molar-refractivity contribution >= 4 is 28.9 Å². The lowest BCUT2D eigenvalue weighted by Gasteiger charge is -2.37. The van der Waals surface area contributed by atoms with Gasteiger partial charge in [-0.3, -0.25) is 4.79 Å². The second-order valence-electron chi connectivity index (χ2n) is 7.34. The Morgan fingerprint density at radius 2 is 1.86 bits per heavy atom. The van der Waals surface area contributed by atoms with Crippen LogP contribution in [0.2, 0.25) is 5.02 Å². The molecule has 1 aliphatic carbocycles. The van der Waals surface area contributed by atoms with E-state index < -0.39 is 0 Å². The van der Waals surface area contributed by atoms with E-state index in [0.29, 0.717) is 35.4 Å². The van der Waals surface area contributed by atoms with E-state index in [2.05, 4.69) is 0 Å². The zero-order valence-corrected chi connectivity index (χ0v) is 16.3. The largest absolute Gasteiger partial charge is 0.496 e. The van der Waals surface area contributed by atoms with Crippen molar-refractivity contribution < 1.29 is 19.1 Å². The first kappa shape index (κ1) is 18.8. The van der Waals surface area contributed by atoms with E-state index in [1.165, 1.54) is 6.26 Å². The third kappa shape index (κ3) is 3.69. The molecule has 0 aromatic heterocycles. The Bertz CT molecular complexity index is 932. The molecule has 2 aromatic carbocycles. The Labute approximate surface area is 169 Å². The van der Waals surface area contributed by atoms with Crippen LogP contribution in [0.25, 0.3) is 5.57 Å². The standard InChI is InChI=1S/C23H21ClO4/c1-14-4-2-3-5-18(14)23(26)28-17-10-11-19-21(12-17)27-13-20(22(19)25)15-6-8-16(24)9-7-15/h2-9,13,17,19,21H,10-12H2,1H3. The number of esters is 1. The molecular weight excluding hydrogens is 376 g/mol. The third-order valence-corrected chi connectivity index (χ3v) is 5.75. The lowest BCUT2D eigenvalue weighted by molar-refractivity contribution is -0.126. The Morgan fingerprint density at radius 3 is 2.61 bits per heavy atom. The van der Waals surface area contributed by atoms with Crippen molar-refractivity contribution in [3.63, 3.8) is 0 Å². The molecule has 2 aromatic rings. The molecule has 1 heterocycles. The summed E-state index contributed by atoms with van der Waals surface area (Å²) in [5.74, 6) is -0.438. The average Bonchev–Trinajstić information content (AvgIpc) is 2.69. The number of allylic oxidation sites excluding steroid dienone is 1. The maximum absolute atomic E-state index is 13.0. The molecule has 4 rings (SSSR count). The van der Waals surface area contributed by atoms with Crippen molar-refractivity contribution in [1.82, 2.24) is 0 Å². The van der Waals surface area contributed by atoms with Gasteiger partial charge in [0.15, 0.2) is 5.78 Å². The lowest BCUT2D eigenvalue weighted by Crippen LogP contribution is -2.42. The fourth-order valence-electron chi connectivity index (χ4n) is 3.92. The van der Waals surface area contributed by atoms with Crippen molar-refractivity contribution in [2.75, 3.05) is 0 Å². The molecule has 3 atom stereocenters. The summed E-state index contributed by atoms with van der Waals surface area (Å²) in [6.45, 7) is 1.89. The summed E-state index contributed by atoms with van der Waals surface area (Å²) < 4.78 is 11.6. The number of carbonyl (C=O) groups is 2. The van der Waals surface area contributed by atoms with Gasteiger partial charge < -0.3 is 9.47 Å². The number of Topliss-reactive ketones (excluding diaryl/α,β-unsaturated/α-hetero) is 1. The first-order valence-electron chi connectivity index (χ1n) is 9.45. The molecule has 28 heavy (non-hydrogen) atoms. The molecule has 2 aliphatic rings. The molecule has 0 N–H and O–H groups in total. The minimum absolute atomic E-state index is 0.0854. The molecule has 1 fully saturated rings. The summed E-state index contributed by atoms with van der Waals surface area (Å²) in [5.41, 5.74) is 2.85. The highest BCUT2D eigenvalue weighted by atomic mass is 35.5. The molecule has 3 unspecified atom stereocenters. The number of fused-ring (bicyclic) bond motifs is 1. The highest BCUT2D eigenvalue weighted by molar-refractivity contribution is 6.30. The number of aryl methyl sites for hydroxylation is 1. The maximum Gasteiger partial charge on any atom is 0.338 e. The van der Waals surface area contributed by atoms with Crippen molar-refractivity contribution in [2.24, 2.45) is 5.92 Å². The van der Waals surface area contributed by atoms with Crippen LogP contribution in [0.15, 0.2) is 54.8 Å². The van der Waals surface area contributed by atoms with E-state index in [9.17, 15) is 9.59 Å². The summed E-state index contributed by atoms with van der Waals surface area (Å²) in [4.78, 5) is 25.4. The highest BCUT2D eigenvalue weighted by Gasteiger charge is 2.41. The quantitative estimate of drug-likeness (QED) is 0.686. The molecule has 0 bridgehead atoms. The summed E-state index contributed by atoms with van der Waals surface area (Å²) in [7, 11) is 0. The van der Waals surface area contributed by atoms with Crippen LogP contribution in [0.4, 0.5) is 0 Å². The van der Waals surface area contributed by atoms with Gasteiger partial charge in [0.2, 0.25) is 0 Å². The van der Waals surface area contributed by atoms with Crippen LogP contribution in [-0.2, 0) is 14.3 Å². The minimum Gasteiger partial charge on any atom is -0.496 e. The van der Waals surface area contributed by atoms with Gasteiger partial charge in [0.1, 0.15) is 12.2 Å². The summed E-state index contributed by atoms with van der Waals surface area (Å²) >= 11 is 5.93. The van der Waals surface area contributed by atoms with Gasteiger partial charge in [-0.15, -0.1) is 0 Å². The molecule has 0 radical (unpaired) electrons. The number of ether oxygens (including phenoxy) is 2. The molecule has 0 spiro atoms. The van der Waals surface area contributed by atoms with E-state index in [0.717, 1.165) is 11.1 Å². The minimum atomic E-state index is -0.318. The predicted molar refractivity (Wildman–Crippen MR) is 107 cm³/mol. The van der Waals surface area contributed by atoms with E-state index in [-0.39, 0.29) is 29.9 Å². The second-order valence-corrected chi connectivity index (χ2v) is 7.78. The molecule has 0 amide bonds. The predicted octanol–water partition coefficient (Wildman–Crippen LogP) is 4.98. The van der Waals surface area contributed by atoms with Crippen LogP contribution in [0, 0.1) is 12.8 Å². The number of carbonyl (C=O) groups excluding carboxylic acids is 2. The van der Waals surface area contributed by atoms with Crippen LogP contribution in [0.3, 0.4) is 0 Å². The first-order valence-corrected chi connectivity index (χ1v) is 9.83. The maximum atomic E-state index is 13.0. The SMILES string of the molecule is Cc1ccccc1C(=O)OC1CCC2C(=O)C(c3ccc(Cl)cc3)=COC2C1. The molecular formula is C23H21ClO4. The van der Waals surface area contributed by atoms with Gasteiger partial charge in [-0.1, -0.05) is 41.9 Å². The van der Waals surface area contributed by atoms with Gasteiger partial charge in [-0.2, -0.15) is 0 Å². The van der Waals surface area contributed by atoms with Gasteiger partial charge in [-0.05, 0) is 49.1 Å². The van der Waals surface area contributed by atoms with Crippen LogP contribution < -0.4 is 0 Å². The smallest absolute Gasteiger partial charge is 0.338 e. The number of rotatable bonds is 3. The van der Waals surface area contributed by atoms with Gasteiger partial charge in [0, 0.05) is 11.4 Å². The van der Waals surface area contributed by atoms with E-state index in [1.54, 1.807) is 18.2 Å². The zero-order valence-electron chi connectivity index (χ0n) is 15.6. The normalized spacial score (nSPS) is 24.0. The molecule has 5 heteroatoms. The topological polar surface area (TPSA) is 52.6 Å². The fraction of sp³-hybridized carbons (Fsp3) is 0.304. The number of halogens is 1. The highest BCUT2D eigenvalue weighted by Crippen LogP contribution is 2.37. The van der Waals surface area contributed by atoms with Gasteiger partial charge in [-0.25, -0.2) is 4.79 Å². The van der Waals surface area contributed by atoms with Crippen LogP contribution >= 0.6 is 11.6 Å². The average molecular weight is 397 g/mol. The number of hydrogen-bond acceptors (Lipinski definition) is 4. The Morgan fingerprint density at radius 1 is 1.11 bits per heavy atom. The Kier molecular flexibility index (Phi) is 5.23. The summed E-state index contributed by atoms with van der Waals surface area (Å²) in [6, 6.07) is 14.6. The summed E-state index contributed by atoms with van der Waals surface area (Å²) in [5, 5.41) is 0.627. The first-order chi connectivity index (χ1) is 13.5. The monoisotopic (exact) mass is 396 g/mol. The number of ketones is 1. The fourth-order valence-corrected chi connectivity index (χ4v) is 4.05. The van der Waals surface area contributed by atoms with Crippen LogP contribution in [0.5, 0.6) is 0 Å². The number of benzene rings is 2. The van der Waals surface area contributed by atoms with E-state index in [4.69, 9.17) is 21.1 Å². The molecule has 144 valence electrons. The van der Waals surface area contributed by atoms with Crippen molar-refractivity contribution in [1.29, 1.82) is 0 Å². The van der Waals surface area contributed by atoms with Gasteiger partial charge in [0.05, 0.1) is 23.3 Å². The third-order valence-electron chi connectivity index (χ3n) is 5.50. The van der Waals surface area contributed by atoms with Crippen molar-refractivity contribution in [2.45, 2.75) is 38.4 Å². The molecule has 0 saturated heterocycles. The summed E-state index contributed by atoms with van der Waals surface area (Å²) in [6.07, 6.45) is 2.86. The zero-order chi connectivity index (χ0) is 19.7. The molecule has 1 saturated carbocycles. The van der Waals surface area contributed by atoms with Crippen molar-refractivity contribution in [3.8, 4) is 0 Å². The van der Waals surface area contributed by atoms with Gasteiger partial charge >= 0.3 is 5.97 Å². The Balaban J connectivity index is 1.44. The van der Waals surface area contributed by atoms with Crippen LogP contribution in [-0.4, -0.2) is 24.0 Å². The second kappa shape index (κ2) is 7.80. The van der Waals surface area contributed by atoms with E-state index >= 15 is 0 Å². The van der Waals surface area contributed by atoms with Crippen molar-refractivity contribution in [3.05, 3.63) is 76.5 Å². The molecule has 4 nitrogen and oxygen atoms in total. The van der Waals surface area contributed by atoms with Crippen LogP contribution in [0.1, 0.15) is 40.7 Å². The van der Waals surface area contributed by atoms with E-state index in [1.807, 2.05) is 37.3 Å². The van der Waals surface area contributed by atoms with Gasteiger partial charge in [0.25, 0.3) is 0 Å².